The minimum atomic E-state index is -0.660. The predicted molar refractivity (Wildman–Crippen MR) is 77.5 cm³/mol. The Bertz CT molecular complexity index is 472. The second kappa shape index (κ2) is 7.41. The van der Waals surface area contributed by atoms with Crippen molar-refractivity contribution in [2.45, 2.75) is 32.3 Å². The van der Waals surface area contributed by atoms with Crippen molar-refractivity contribution in [2.75, 3.05) is 19.7 Å². The number of benzene rings is 1. The Morgan fingerprint density at radius 2 is 2.10 bits per heavy atom. The highest BCUT2D eigenvalue weighted by molar-refractivity contribution is 5.81. The van der Waals surface area contributed by atoms with Crippen LogP contribution in [0, 0.1) is 11.7 Å². The van der Waals surface area contributed by atoms with Gasteiger partial charge in [0.15, 0.2) is 17.7 Å². The van der Waals surface area contributed by atoms with Gasteiger partial charge < -0.3 is 14.7 Å². The summed E-state index contributed by atoms with van der Waals surface area (Å²) in [5, 5.41) is 9.13. The lowest BCUT2D eigenvalue weighted by molar-refractivity contribution is -0.140. The summed E-state index contributed by atoms with van der Waals surface area (Å²) in [7, 11) is 0. The van der Waals surface area contributed by atoms with Crippen LogP contribution in [-0.2, 0) is 4.79 Å². The van der Waals surface area contributed by atoms with Gasteiger partial charge in [-0.25, -0.2) is 4.39 Å². The van der Waals surface area contributed by atoms with Gasteiger partial charge in [-0.3, -0.25) is 4.79 Å². The van der Waals surface area contributed by atoms with E-state index in [2.05, 4.69) is 0 Å². The van der Waals surface area contributed by atoms with Gasteiger partial charge in [-0.15, -0.1) is 0 Å². The Morgan fingerprint density at radius 3 is 2.67 bits per heavy atom. The average Bonchev–Trinajstić information content (AvgIpc) is 2.53. The molecule has 1 aromatic carbocycles. The smallest absolute Gasteiger partial charge is 0.263 e. The van der Waals surface area contributed by atoms with Crippen LogP contribution < -0.4 is 4.74 Å². The number of carbonyl (C=O) groups excluding carboxylic acids is 1. The van der Waals surface area contributed by atoms with Gasteiger partial charge in [0.2, 0.25) is 0 Å². The van der Waals surface area contributed by atoms with Gasteiger partial charge in [0.05, 0.1) is 0 Å². The molecule has 0 aliphatic carbocycles. The molecule has 1 heterocycles. The molecular formula is C16H22FNO3. The SMILES string of the molecule is CCC(Oc1ccccc1F)C(=O)N1CCC(CO)CC1. The second-order valence-corrected chi connectivity index (χ2v) is 5.40. The van der Waals surface area contributed by atoms with Crippen LogP contribution in [-0.4, -0.2) is 41.7 Å². The molecule has 1 atom stereocenters. The summed E-state index contributed by atoms with van der Waals surface area (Å²) in [5.41, 5.74) is 0. The number of ether oxygens (including phenoxy) is 1. The summed E-state index contributed by atoms with van der Waals surface area (Å²) in [5.74, 6) is -0.163. The number of carbonyl (C=O) groups is 1. The Hall–Kier alpha value is -1.62. The summed E-state index contributed by atoms with van der Waals surface area (Å²) in [6.45, 7) is 3.28. The molecule has 1 aromatic rings. The summed E-state index contributed by atoms with van der Waals surface area (Å²) < 4.78 is 19.2. The van der Waals surface area contributed by atoms with Gasteiger partial charge in [-0.1, -0.05) is 19.1 Å². The number of nitrogens with zero attached hydrogens (tertiary/aromatic N) is 1. The molecule has 1 amide bonds. The Balaban J connectivity index is 1.98. The van der Waals surface area contributed by atoms with Crippen molar-refractivity contribution in [3.8, 4) is 5.75 Å². The van der Waals surface area contributed by atoms with Crippen molar-refractivity contribution in [1.29, 1.82) is 0 Å². The zero-order valence-electron chi connectivity index (χ0n) is 12.3. The third-order valence-corrected chi connectivity index (χ3v) is 3.94. The molecule has 0 aromatic heterocycles. The van der Waals surface area contributed by atoms with Gasteiger partial charge in [0.1, 0.15) is 0 Å². The number of hydrogen-bond donors (Lipinski definition) is 1. The fourth-order valence-corrected chi connectivity index (χ4v) is 2.54. The summed E-state index contributed by atoms with van der Waals surface area (Å²) >= 11 is 0. The number of aliphatic hydroxyl groups excluding tert-OH is 1. The first-order chi connectivity index (χ1) is 10.2. The number of rotatable bonds is 5. The molecule has 1 fully saturated rings. The summed E-state index contributed by atoms with van der Waals surface area (Å²) in [6, 6.07) is 6.12. The lowest BCUT2D eigenvalue weighted by atomic mass is 9.97. The van der Waals surface area contributed by atoms with Crippen molar-refractivity contribution < 1.29 is 19.0 Å². The number of hydrogen-bond acceptors (Lipinski definition) is 3. The van der Waals surface area contributed by atoms with Crippen molar-refractivity contribution >= 4 is 5.91 Å². The minimum absolute atomic E-state index is 0.0999. The summed E-state index contributed by atoms with van der Waals surface area (Å²) in [4.78, 5) is 14.2. The van der Waals surface area contributed by atoms with E-state index in [1.54, 1.807) is 17.0 Å². The first kappa shape index (κ1) is 15.8. The van der Waals surface area contributed by atoms with E-state index >= 15 is 0 Å². The monoisotopic (exact) mass is 295 g/mol. The quantitative estimate of drug-likeness (QED) is 0.906. The number of halogens is 1. The van der Waals surface area contributed by atoms with Crippen LogP contribution in [0.25, 0.3) is 0 Å². The Kier molecular flexibility index (Phi) is 5.56. The van der Waals surface area contributed by atoms with E-state index in [0.29, 0.717) is 19.5 Å². The predicted octanol–water partition coefficient (Wildman–Crippen LogP) is 2.21. The third-order valence-electron chi connectivity index (χ3n) is 3.94. The van der Waals surface area contributed by atoms with Crippen molar-refractivity contribution in [3.63, 3.8) is 0 Å². The molecule has 116 valence electrons. The number of piperidine rings is 1. The molecule has 0 saturated carbocycles. The van der Waals surface area contributed by atoms with Crippen LogP contribution in [0.4, 0.5) is 4.39 Å². The van der Waals surface area contributed by atoms with E-state index in [0.717, 1.165) is 12.8 Å². The molecular weight excluding hydrogens is 273 g/mol. The lowest BCUT2D eigenvalue weighted by Gasteiger charge is -2.33. The molecule has 1 saturated heterocycles. The maximum atomic E-state index is 13.6. The molecule has 1 aliphatic rings. The highest BCUT2D eigenvalue weighted by atomic mass is 19.1. The standard InChI is InChI=1S/C16H22FNO3/c1-2-14(21-15-6-4-3-5-13(15)17)16(20)18-9-7-12(11-19)8-10-18/h3-6,12,14,19H,2,7-11H2,1H3. The first-order valence-electron chi connectivity index (χ1n) is 7.46. The van der Waals surface area contributed by atoms with Crippen LogP contribution in [0.2, 0.25) is 0 Å². The number of likely N-dealkylation sites (tertiary alicyclic amines) is 1. The van der Waals surface area contributed by atoms with Crippen LogP contribution in [0.5, 0.6) is 5.75 Å². The highest BCUT2D eigenvalue weighted by Crippen LogP contribution is 2.21. The van der Waals surface area contributed by atoms with Crippen molar-refractivity contribution in [1.82, 2.24) is 4.90 Å². The molecule has 0 bridgehead atoms. The van der Waals surface area contributed by atoms with E-state index in [-0.39, 0.29) is 24.2 Å². The Morgan fingerprint density at radius 1 is 1.43 bits per heavy atom. The Labute approximate surface area is 124 Å². The van der Waals surface area contributed by atoms with Crippen LogP contribution in [0.1, 0.15) is 26.2 Å². The van der Waals surface area contributed by atoms with Gasteiger partial charge >= 0.3 is 0 Å². The maximum absolute atomic E-state index is 13.6. The van der Waals surface area contributed by atoms with Gasteiger partial charge in [0, 0.05) is 19.7 Å². The van der Waals surface area contributed by atoms with Gasteiger partial charge in [-0.2, -0.15) is 0 Å². The highest BCUT2D eigenvalue weighted by Gasteiger charge is 2.28. The molecule has 4 nitrogen and oxygen atoms in total. The maximum Gasteiger partial charge on any atom is 0.263 e. The van der Waals surface area contributed by atoms with Crippen LogP contribution >= 0.6 is 0 Å². The fraction of sp³-hybridized carbons (Fsp3) is 0.562. The van der Waals surface area contributed by atoms with Gasteiger partial charge in [0.25, 0.3) is 5.91 Å². The largest absolute Gasteiger partial charge is 0.478 e. The van der Waals surface area contributed by atoms with E-state index < -0.39 is 11.9 Å². The molecule has 1 aliphatic heterocycles. The van der Waals surface area contributed by atoms with Crippen molar-refractivity contribution in [2.24, 2.45) is 5.92 Å². The topological polar surface area (TPSA) is 49.8 Å². The number of amides is 1. The average molecular weight is 295 g/mol. The normalized spacial score (nSPS) is 17.6. The van der Waals surface area contributed by atoms with E-state index in [9.17, 15) is 9.18 Å². The molecule has 21 heavy (non-hydrogen) atoms. The zero-order valence-corrected chi connectivity index (χ0v) is 12.3. The van der Waals surface area contributed by atoms with E-state index in [1.807, 2.05) is 6.92 Å². The molecule has 0 radical (unpaired) electrons. The molecule has 2 rings (SSSR count). The molecule has 1 unspecified atom stereocenters. The van der Waals surface area contributed by atoms with Crippen molar-refractivity contribution in [3.05, 3.63) is 30.1 Å². The van der Waals surface area contributed by atoms with Crippen LogP contribution in [0.15, 0.2) is 24.3 Å². The first-order valence-corrected chi connectivity index (χ1v) is 7.46. The number of para-hydroxylation sites is 1. The zero-order chi connectivity index (χ0) is 15.2. The van der Waals surface area contributed by atoms with E-state index in [1.165, 1.54) is 12.1 Å². The van der Waals surface area contributed by atoms with E-state index in [4.69, 9.17) is 9.84 Å². The van der Waals surface area contributed by atoms with Crippen LogP contribution in [0.3, 0.4) is 0 Å². The fourth-order valence-electron chi connectivity index (χ4n) is 2.54. The van der Waals surface area contributed by atoms with Gasteiger partial charge in [-0.05, 0) is 37.3 Å². The summed E-state index contributed by atoms with van der Waals surface area (Å²) in [6.07, 6.45) is 1.44. The second-order valence-electron chi connectivity index (χ2n) is 5.40. The molecule has 0 spiro atoms. The molecule has 1 N–H and O–H groups in total. The lowest BCUT2D eigenvalue weighted by Crippen LogP contribution is -2.46. The molecule has 5 heteroatoms. The number of aliphatic hydroxyl groups is 1. The minimum Gasteiger partial charge on any atom is -0.478 e. The third kappa shape index (κ3) is 3.94.